The van der Waals surface area contributed by atoms with Crippen molar-refractivity contribution in [3.63, 3.8) is 0 Å². The topological polar surface area (TPSA) is 66.2 Å². The first-order valence-corrected chi connectivity index (χ1v) is 9.58. The average Bonchev–Trinajstić information content (AvgIpc) is 3.30. The molecule has 1 aliphatic rings. The van der Waals surface area contributed by atoms with Gasteiger partial charge in [-0.15, -0.1) is 5.10 Å². The maximum Gasteiger partial charge on any atom is 0.394 e. The molecule has 6 nitrogen and oxygen atoms in total. The zero-order valence-electron chi connectivity index (χ0n) is 16.0. The lowest BCUT2D eigenvalue weighted by atomic mass is 10.0. The van der Waals surface area contributed by atoms with Gasteiger partial charge in [-0.3, -0.25) is 0 Å². The molecule has 0 amide bonds. The maximum atomic E-state index is 12.9. The van der Waals surface area contributed by atoms with Crippen molar-refractivity contribution >= 4 is 17.6 Å². The highest BCUT2D eigenvalue weighted by Crippen LogP contribution is 2.59. The van der Waals surface area contributed by atoms with E-state index in [4.69, 9.17) is 21.1 Å². The normalized spacial score (nSPS) is 15.4. The van der Waals surface area contributed by atoms with Gasteiger partial charge in [0.2, 0.25) is 5.88 Å². The Balaban J connectivity index is 1.60. The van der Waals surface area contributed by atoms with E-state index in [2.05, 4.69) is 10.1 Å². The first-order valence-electron chi connectivity index (χ1n) is 9.20. The summed E-state index contributed by atoms with van der Waals surface area (Å²) in [5, 5.41) is 4.10. The molecule has 0 aromatic carbocycles. The van der Waals surface area contributed by atoms with Gasteiger partial charge in [-0.25, -0.2) is 14.5 Å². The molecular weight excluding hydrogens is 411 g/mol. The van der Waals surface area contributed by atoms with Crippen molar-refractivity contribution in [1.82, 2.24) is 14.8 Å². The van der Waals surface area contributed by atoms with Crippen LogP contribution in [-0.2, 0) is 4.74 Å². The molecule has 10 heteroatoms. The Morgan fingerprint density at radius 2 is 2.03 bits per heavy atom. The van der Waals surface area contributed by atoms with Crippen LogP contribution in [0.1, 0.15) is 43.5 Å². The fourth-order valence-corrected chi connectivity index (χ4v) is 2.94. The van der Waals surface area contributed by atoms with Crippen LogP contribution in [0.2, 0.25) is 5.15 Å². The van der Waals surface area contributed by atoms with Gasteiger partial charge in [0, 0.05) is 12.3 Å². The lowest BCUT2D eigenvalue weighted by molar-refractivity contribution is -0.190. The van der Waals surface area contributed by atoms with Crippen LogP contribution in [0, 0.1) is 11.3 Å². The molecule has 2 heterocycles. The van der Waals surface area contributed by atoms with Crippen molar-refractivity contribution in [3.05, 3.63) is 35.1 Å². The number of esters is 1. The Morgan fingerprint density at radius 1 is 1.31 bits per heavy atom. The number of hydrogen-bond donors (Lipinski definition) is 0. The molecular formula is C19H21ClF3N3O3. The number of hydrogen-bond acceptors (Lipinski definition) is 5. The zero-order chi connectivity index (χ0) is 21.2. The number of nitrogens with zero attached hydrogens (tertiary/aromatic N) is 3. The molecule has 0 atom stereocenters. The Labute approximate surface area is 171 Å². The second-order valence-corrected chi connectivity index (χ2v) is 7.83. The van der Waals surface area contributed by atoms with Crippen LogP contribution in [0.25, 0.3) is 5.82 Å². The van der Waals surface area contributed by atoms with Crippen LogP contribution in [0.15, 0.2) is 24.4 Å². The van der Waals surface area contributed by atoms with Gasteiger partial charge in [-0.1, -0.05) is 25.4 Å². The highest BCUT2D eigenvalue weighted by molar-refractivity contribution is 6.32. The molecule has 2 aromatic heterocycles. The number of aromatic nitrogens is 3. The third-order valence-corrected chi connectivity index (χ3v) is 4.97. The molecule has 158 valence electrons. The molecule has 0 bridgehead atoms. The highest BCUT2D eigenvalue weighted by Gasteiger charge is 2.62. The standard InChI is InChI=1S/C19H21ClF3N3O3/c1-12(2)11-29-17(27)13-3-4-14(24-16(13)20)26-9-5-15(25-26)28-10-8-18(6-7-18)19(21,22)23/h3-5,9,12H,6-8,10-11H2,1-2H3. The quantitative estimate of drug-likeness (QED) is 0.441. The molecule has 0 spiro atoms. The predicted octanol–water partition coefficient (Wildman–Crippen LogP) is 4.84. The lowest BCUT2D eigenvalue weighted by Crippen LogP contribution is -2.26. The van der Waals surface area contributed by atoms with Gasteiger partial charge in [0.05, 0.1) is 24.2 Å². The largest absolute Gasteiger partial charge is 0.477 e. The zero-order valence-corrected chi connectivity index (χ0v) is 16.8. The van der Waals surface area contributed by atoms with Gasteiger partial charge < -0.3 is 9.47 Å². The minimum atomic E-state index is -4.20. The van der Waals surface area contributed by atoms with Crippen molar-refractivity contribution in [2.24, 2.45) is 11.3 Å². The number of rotatable bonds is 8. The summed E-state index contributed by atoms with van der Waals surface area (Å²) in [6, 6.07) is 4.54. The van der Waals surface area contributed by atoms with Crippen molar-refractivity contribution < 1.29 is 27.4 Å². The molecule has 0 N–H and O–H groups in total. The van der Waals surface area contributed by atoms with E-state index in [1.54, 1.807) is 6.20 Å². The Kier molecular flexibility index (Phi) is 6.07. The van der Waals surface area contributed by atoms with Crippen molar-refractivity contribution in [1.29, 1.82) is 0 Å². The van der Waals surface area contributed by atoms with Crippen molar-refractivity contribution in [2.75, 3.05) is 13.2 Å². The van der Waals surface area contributed by atoms with Gasteiger partial charge in [0.25, 0.3) is 0 Å². The van der Waals surface area contributed by atoms with E-state index in [-0.39, 0.29) is 55.0 Å². The van der Waals surface area contributed by atoms with Gasteiger partial charge in [0.15, 0.2) is 5.82 Å². The smallest absolute Gasteiger partial charge is 0.394 e. The van der Waals surface area contributed by atoms with Gasteiger partial charge in [-0.2, -0.15) is 13.2 Å². The van der Waals surface area contributed by atoms with Crippen LogP contribution >= 0.6 is 11.6 Å². The lowest BCUT2D eigenvalue weighted by Gasteiger charge is -2.18. The predicted molar refractivity (Wildman–Crippen MR) is 99.3 cm³/mol. The van der Waals surface area contributed by atoms with Crippen molar-refractivity contribution in [3.8, 4) is 11.7 Å². The summed E-state index contributed by atoms with van der Waals surface area (Å²) < 4.78 is 50.7. The fourth-order valence-electron chi connectivity index (χ4n) is 2.71. The van der Waals surface area contributed by atoms with Crippen LogP contribution in [0.5, 0.6) is 5.88 Å². The number of carbonyl (C=O) groups excluding carboxylic acids is 1. The Hall–Kier alpha value is -2.29. The third kappa shape index (κ3) is 5.01. The second kappa shape index (κ2) is 8.22. The summed E-state index contributed by atoms with van der Waals surface area (Å²) in [5.41, 5.74) is -1.47. The Bertz CT molecular complexity index is 879. The van der Waals surface area contributed by atoms with Gasteiger partial charge >= 0.3 is 12.1 Å². The van der Waals surface area contributed by atoms with Crippen LogP contribution in [-0.4, -0.2) is 40.1 Å². The monoisotopic (exact) mass is 431 g/mol. The number of pyridine rings is 1. The first kappa shape index (κ1) is 21.4. The van der Waals surface area contributed by atoms with Crippen molar-refractivity contribution in [2.45, 2.75) is 39.3 Å². The molecule has 0 saturated heterocycles. The minimum absolute atomic E-state index is 0.0323. The average molecular weight is 432 g/mol. The van der Waals surface area contributed by atoms with Crippen LogP contribution in [0.3, 0.4) is 0 Å². The van der Waals surface area contributed by atoms with Gasteiger partial charge in [0.1, 0.15) is 5.15 Å². The summed E-state index contributed by atoms with van der Waals surface area (Å²) in [6.07, 6.45) is -2.47. The number of alkyl halides is 3. The van der Waals surface area contributed by atoms with Gasteiger partial charge in [-0.05, 0) is 37.3 Å². The van der Waals surface area contributed by atoms with E-state index in [0.29, 0.717) is 5.82 Å². The highest BCUT2D eigenvalue weighted by atomic mass is 35.5. The van der Waals surface area contributed by atoms with E-state index in [9.17, 15) is 18.0 Å². The van der Waals surface area contributed by atoms with E-state index < -0.39 is 17.6 Å². The molecule has 1 aliphatic carbocycles. The van der Waals surface area contributed by atoms with Crippen LogP contribution < -0.4 is 4.74 Å². The van der Waals surface area contributed by atoms with Crippen LogP contribution in [0.4, 0.5) is 13.2 Å². The molecule has 29 heavy (non-hydrogen) atoms. The number of ether oxygens (including phenoxy) is 2. The summed E-state index contributed by atoms with van der Waals surface area (Å²) in [6.45, 7) is 4.03. The Morgan fingerprint density at radius 3 is 2.62 bits per heavy atom. The van der Waals surface area contributed by atoms with E-state index in [1.165, 1.54) is 22.9 Å². The maximum absolute atomic E-state index is 12.9. The molecule has 2 aromatic rings. The minimum Gasteiger partial charge on any atom is -0.477 e. The molecule has 1 fully saturated rings. The molecule has 0 unspecified atom stereocenters. The van der Waals surface area contributed by atoms with E-state index >= 15 is 0 Å². The fraction of sp³-hybridized carbons (Fsp3) is 0.526. The molecule has 0 radical (unpaired) electrons. The first-order chi connectivity index (χ1) is 13.6. The summed E-state index contributed by atoms with van der Waals surface area (Å²) in [7, 11) is 0. The number of halogens is 4. The molecule has 3 rings (SSSR count). The molecule has 1 saturated carbocycles. The van der Waals surface area contributed by atoms with E-state index in [1.807, 2.05) is 13.8 Å². The summed E-state index contributed by atoms with van der Waals surface area (Å²) >= 11 is 6.09. The third-order valence-electron chi connectivity index (χ3n) is 4.69. The van der Waals surface area contributed by atoms with E-state index in [0.717, 1.165) is 0 Å². The SMILES string of the molecule is CC(C)COC(=O)c1ccc(-n2ccc(OCCC3(C(F)(F)F)CC3)n2)nc1Cl. The molecule has 0 aliphatic heterocycles. The second-order valence-electron chi connectivity index (χ2n) is 7.48. The summed E-state index contributed by atoms with van der Waals surface area (Å²) in [4.78, 5) is 16.2. The summed E-state index contributed by atoms with van der Waals surface area (Å²) in [5.74, 6) is 0.143. The number of carbonyl (C=O) groups is 1.